The fourth-order valence-electron chi connectivity index (χ4n) is 2.28. The molecule has 0 saturated heterocycles. The summed E-state index contributed by atoms with van der Waals surface area (Å²) >= 11 is 0. The molecule has 10 heteroatoms. The first-order valence-electron chi connectivity index (χ1n) is 8.13. The lowest BCUT2D eigenvalue weighted by Crippen LogP contribution is -2.36. The van der Waals surface area contributed by atoms with Crippen molar-refractivity contribution in [1.82, 2.24) is 20.4 Å². The number of methoxy groups -OCH3 is 1. The third kappa shape index (κ3) is 7.57. The number of aromatic nitrogens is 2. The van der Waals surface area contributed by atoms with E-state index in [9.17, 15) is 8.78 Å². The number of guanidine groups is 1. The van der Waals surface area contributed by atoms with E-state index in [0.29, 0.717) is 30.4 Å². The molecule has 0 aliphatic heterocycles. The normalized spacial score (nSPS) is 11.1. The quantitative estimate of drug-likeness (QED) is 0.335. The predicted octanol–water partition coefficient (Wildman–Crippen LogP) is 2.90. The Balaban J connectivity index is 0.00000364. The Hall–Kier alpha value is -2.11. The fourth-order valence-corrected chi connectivity index (χ4v) is 2.28. The highest BCUT2D eigenvalue weighted by Gasteiger charge is 2.11. The zero-order valence-electron chi connectivity index (χ0n) is 15.4. The molecular weight excluding hydrogens is 471 g/mol. The van der Waals surface area contributed by atoms with Crippen molar-refractivity contribution in [3.8, 4) is 11.5 Å². The van der Waals surface area contributed by atoms with Crippen LogP contribution in [-0.4, -0.2) is 36.0 Å². The molecule has 0 amide bonds. The van der Waals surface area contributed by atoms with Crippen LogP contribution >= 0.6 is 24.0 Å². The molecule has 0 fully saturated rings. The molecule has 0 saturated carbocycles. The Kier molecular flexibility index (Phi) is 9.83. The van der Waals surface area contributed by atoms with Gasteiger partial charge in [-0.05, 0) is 25.1 Å². The van der Waals surface area contributed by atoms with Gasteiger partial charge in [-0.3, -0.25) is 4.68 Å². The van der Waals surface area contributed by atoms with Crippen molar-refractivity contribution in [2.45, 2.75) is 26.6 Å². The van der Waals surface area contributed by atoms with Gasteiger partial charge >= 0.3 is 6.61 Å². The van der Waals surface area contributed by atoms with E-state index in [1.807, 2.05) is 20.2 Å². The van der Waals surface area contributed by atoms with Crippen molar-refractivity contribution >= 4 is 29.9 Å². The van der Waals surface area contributed by atoms with Crippen molar-refractivity contribution in [3.63, 3.8) is 0 Å². The van der Waals surface area contributed by atoms with E-state index in [4.69, 9.17) is 4.74 Å². The van der Waals surface area contributed by atoms with Crippen molar-refractivity contribution in [2.24, 2.45) is 12.0 Å². The Bertz CT molecular complexity index is 740. The summed E-state index contributed by atoms with van der Waals surface area (Å²) in [5.74, 6) is 1.21. The smallest absolute Gasteiger partial charge is 0.387 e. The van der Waals surface area contributed by atoms with Gasteiger partial charge in [0.05, 0.1) is 19.9 Å². The zero-order chi connectivity index (χ0) is 18.9. The van der Waals surface area contributed by atoms with E-state index in [1.165, 1.54) is 13.2 Å². The molecule has 0 aliphatic rings. The summed E-state index contributed by atoms with van der Waals surface area (Å²) in [6.07, 6.45) is 3.62. The van der Waals surface area contributed by atoms with Crippen LogP contribution in [0.4, 0.5) is 8.78 Å². The van der Waals surface area contributed by atoms with Gasteiger partial charge in [-0.1, -0.05) is 0 Å². The van der Waals surface area contributed by atoms with E-state index in [0.717, 1.165) is 5.56 Å². The summed E-state index contributed by atoms with van der Waals surface area (Å²) in [5.41, 5.74) is 1.50. The summed E-state index contributed by atoms with van der Waals surface area (Å²) in [6.45, 7) is 0.407. The maximum Gasteiger partial charge on any atom is 0.387 e. The first kappa shape index (κ1) is 22.9. The summed E-state index contributed by atoms with van der Waals surface area (Å²) in [7, 11) is 3.35. The maximum atomic E-state index is 12.6. The number of hydrogen-bond acceptors (Lipinski definition) is 4. The third-order valence-corrected chi connectivity index (χ3v) is 3.45. The number of ether oxygens (including phenoxy) is 2. The number of aryl methyl sites for hydroxylation is 1. The molecule has 0 atom stereocenters. The number of halogens is 3. The number of nitrogens with one attached hydrogen (secondary N) is 2. The van der Waals surface area contributed by atoms with E-state index < -0.39 is 6.61 Å². The average Bonchev–Trinajstić information content (AvgIpc) is 3.03. The molecule has 1 aromatic carbocycles. The molecule has 0 unspecified atom stereocenters. The highest BCUT2D eigenvalue weighted by atomic mass is 127. The molecule has 0 aliphatic carbocycles. The second-order valence-corrected chi connectivity index (χ2v) is 5.42. The maximum absolute atomic E-state index is 12.6. The van der Waals surface area contributed by atoms with E-state index in [2.05, 4.69) is 25.5 Å². The molecule has 150 valence electrons. The highest BCUT2D eigenvalue weighted by Crippen LogP contribution is 2.25. The molecule has 1 heterocycles. The second-order valence-electron chi connectivity index (χ2n) is 5.42. The summed E-state index contributed by atoms with van der Waals surface area (Å²) in [4.78, 5) is 4.47. The molecule has 0 spiro atoms. The molecule has 7 nitrogen and oxygen atoms in total. The van der Waals surface area contributed by atoms with Gasteiger partial charge < -0.3 is 20.1 Å². The summed E-state index contributed by atoms with van der Waals surface area (Å²) in [6, 6.07) is 4.68. The van der Waals surface area contributed by atoms with Crippen molar-refractivity contribution in [2.75, 3.05) is 13.7 Å². The SMILES string of the molecule is CCNC(=NCc1cnn(C)c1)NCc1cc(OC)ccc1OC(F)F.I. The Labute approximate surface area is 174 Å². The van der Waals surface area contributed by atoms with Gasteiger partial charge in [0.1, 0.15) is 11.5 Å². The average molecular weight is 495 g/mol. The largest absolute Gasteiger partial charge is 0.497 e. The third-order valence-electron chi connectivity index (χ3n) is 3.45. The lowest BCUT2D eigenvalue weighted by atomic mass is 10.2. The van der Waals surface area contributed by atoms with Crippen LogP contribution in [0.1, 0.15) is 18.1 Å². The number of aliphatic imine (C=N–C) groups is 1. The second kappa shape index (κ2) is 11.6. The number of alkyl halides is 2. The van der Waals surface area contributed by atoms with Gasteiger partial charge in [-0.25, -0.2) is 4.99 Å². The molecule has 0 radical (unpaired) electrons. The zero-order valence-corrected chi connectivity index (χ0v) is 17.7. The number of nitrogens with zero attached hydrogens (tertiary/aromatic N) is 3. The van der Waals surface area contributed by atoms with Crippen LogP contribution in [0.15, 0.2) is 35.6 Å². The van der Waals surface area contributed by atoms with E-state index in [1.54, 1.807) is 23.0 Å². The first-order valence-corrected chi connectivity index (χ1v) is 8.13. The van der Waals surface area contributed by atoms with Gasteiger partial charge in [0, 0.05) is 37.5 Å². The monoisotopic (exact) mass is 495 g/mol. The fraction of sp³-hybridized carbons (Fsp3) is 0.412. The molecule has 2 aromatic rings. The standard InChI is InChI=1S/C17H23F2N5O2.HI/c1-4-20-17(21-8-12-9-23-24(2)11-12)22-10-13-7-14(25-3)5-6-15(13)26-16(18)19;/h5-7,9,11,16H,4,8,10H2,1-3H3,(H2,20,21,22);1H. The van der Waals surface area contributed by atoms with Crippen LogP contribution in [0, 0.1) is 0 Å². The van der Waals surface area contributed by atoms with Crippen LogP contribution < -0.4 is 20.1 Å². The molecule has 1 aromatic heterocycles. The van der Waals surface area contributed by atoms with Gasteiger partial charge in [-0.15, -0.1) is 24.0 Å². The van der Waals surface area contributed by atoms with Crippen LogP contribution in [0.25, 0.3) is 0 Å². The van der Waals surface area contributed by atoms with E-state index >= 15 is 0 Å². The highest BCUT2D eigenvalue weighted by molar-refractivity contribution is 14.0. The van der Waals surface area contributed by atoms with Crippen LogP contribution in [0.2, 0.25) is 0 Å². The number of hydrogen-bond donors (Lipinski definition) is 2. The van der Waals surface area contributed by atoms with Crippen molar-refractivity contribution < 1.29 is 18.3 Å². The molecule has 27 heavy (non-hydrogen) atoms. The number of rotatable bonds is 8. The van der Waals surface area contributed by atoms with Gasteiger partial charge in [0.15, 0.2) is 5.96 Å². The van der Waals surface area contributed by atoms with Crippen LogP contribution in [0.3, 0.4) is 0 Å². The predicted molar refractivity (Wildman–Crippen MR) is 110 cm³/mol. The van der Waals surface area contributed by atoms with E-state index in [-0.39, 0.29) is 36.3 Å². The van der Waals surface area contributed by atoms with Crippen LogP contribution in [-0.2, 0) is 20.1 Å². The number of benzene rings is 1. The minimum Gasteiger partial charge on any atom is -0.497 e. The minimum atomic E-state index is -2.89. The Morgan fingerprint density at radius 1 is 1.33 bits per heavy atom. The van der Waals surface area contributed by atoms with Crippen LogP contribution in [0.5, 0.6) is 11.5 Å². The lowest BCUT2D eigenvalue weighted by molar-refractivity contribution is -0.0504. The lowest BCUT2D eigenvalue weighted by Gasteiger charge is -2.15. The van der Waals surface area contributed by atoms with Gasteiger partial charge in [0.2, 0.25) is 0 Å². The minimum absolute atomic E-state index is 0. The summed E-state index contributed by atoms with van der Waals surface area (Å²) < 4.78 is 36.6. The van der Waals surface area contributed by atoms with Gasteiger partial charge in [0.25, 0.3) is 0 Å². The van der Waals surface area contributed by atoms with Crippen molar-refractivity contribution in [3.05, 3.63) is 41.7 Å². The Morgan fingerprint density at radius 3 is 2.70 bits per heavy atom. The molecule has 2 rings (SSSR count). The Morgan fingerprint density at radius 2 is 2.11 bits per heavy atom. The molecule has 2 N–H and O–H groups in total. The van der Waals surface area contributed by atoms with Crippen molar-refractivity contribution in [1.29, 1.82) is 0 Å². The first-order chi connectivity index (χ1) is 12.5. The topological polar surface area (TPSA) is 72.7 Å². The van der Waals surface area contributed by atoms with Gasteiger partial charge in [-0.2, -0.15) is 13.9 Å². The molecular formula is C17H24F2IN5O2. The summed E-state index contributed by atoms with van der Waals surface area (Å²) in [5, 5.41) is 10.3. The molecule has 0 bridgehead atoms.